The summed E-state index contributed by atoms with van der Waals surface area (Å²) in [6, 6.07) is 2.74. The third kappa shape index (κ3) is 3.82. The third-order valence-corrected chi connectivity index (χ3v) is 7.51. The largest absolute Gasteiger partial charge is 0.416 e. The van der Waals surface area contributed by atoms with Crippen LogP contribution in [0.3, 0.4) is 0 Å². The zero-order chi connectivity index (χ0) is 22.7. The van der Waals surface area contributed by atoms with E-state index in [-0.39, 0.29) is 35.0 Å². The van der Waals surface area contributed by atoms with Crippen LogP contribution in [0.2, 0.25) is 0 Å². The van der Waals surface area contributed by atoms with Gasteiger partial charge < -0.3 is 15.1 Å². The normalized spacial score (nSPS) is 24.4. The number of nitrogens with one attached hydrogen (secondary N) is 1. The lowest BCUT2D eigenvalue weighted by Crippen LogP contribution is -2.73. The molecule has 1 aromatic carbocycles. The Morgan fingerprint density at radius 2 is 1.69 bits per heavy atom. The lowest BCUT2D eigenvalue weighted by molar-refractivity contribution is -0.137. The molecule has 6 nitrogen and oxygen atoms in total. The maximum Gasteiger partial charge on any atom is 0.416 e. The van der Waals surface area contributed by atoms with Gasteiger partial charge in [0.25, 0.3) is 0 Å². The van der Waals surface area contributed by atoms with Crippen molar-refractivity contribution >= 4 is 11.9 Å². The number of nitrogens with zero attached hydrogens (tertiary/aromatic N) is 3. The molecule has 0 unspecified atom stereocenters. The fraction of sp³-hybridized carbons (Fsp3) is 0.636. The predicted molar refractivity (Wildman–Crippen MR) is 107 cm³/mol. The molecule has 0 aromatic heterocycles. The smallest absolute Gasteiger partial charge is 0.347 e. The van der Waals surface area contributed by atoms with Crippen molar-refractivity contribution < 1.29 is 27.2 Å². The van der Waals surface area contributed by atoms with Crippen molar-refractivity contribution in [2.75, 3.05) is 39.3 Å². The molecule has 1 N–H and O–H groups in total. The molecule has 0 aliphatic carbocycles. The Morgan fingerprint density at radius 3 is 2.25 bits per heavy atom. The Morgan fingerprint density at radius 1 is 1.03 bits per heavy atom. The summed E-state index contributed by atoms with van der Waals surface area (Å²) in [5.41, 5.74) is -0.840. The lowest BCUT2D eigenvalue weighted by atomic mass is 9.72. The number of hydrogen-bond acceptors (Lipinski definition) is 3. The lowest BCUT2D eigenvalue weighted by Gasteiger charge is -2.57. The van der Waals surface area contributed by atoms with Crippen LogP contribution in [0.5, 0.6) is 0 Å². The van der Waals surface area contributed by atoms with E-state index >= 15 is 0 Å². The van der Waals surface area contributed by atoms with Gasteiger partial charge in [-0.1, -0.05) is 6.07 Å². The summed E-state index contributed by atoms with van der Waals surface area (Å²) in [5.74, 6) is -0.769. The summed E-state index contributed by atoms with van der Waals surface area (Å²) in [5, 5.41) is 2.98. The Hall–Kier alpha value is -2.36. The summed E-state index contributed by atoms with van der Waals surface area (Å²) in [6.45, 7) is 4.28. The van der Waals surface area contributed by atoms with Crippen LogP contribution in [0.4, 0.5) is 22.4 Å². The molecular formula is C22H26F4N4O2. The predicted octanol–water partition coefficient (Wildman–Crippen LogP) is 2.83. The number of piperidine rings is 1. The standard InChI is InChI=1S/C22H26F4N4O2/c23-17-9-16(22(24,25)26)2-1-15(17)10-28-7-5-20(6-8-28)11-29(12-20)19(32)30-13-21(14-30)4-3-18(31)27-21/h1-2,9H,3-8,10-14H2,(H,27,31). The molecule has 174 valence electrons. The van der Waals surface area contributed by atoms with Crippen molar-refractivity contribution in [3.05, 3.63) is 35.1 Å². The zero-order valence-corrected chi connectivity index (χ0v) is 17.7. The molecule has 0 atom stereocenters. The van der Waals surface area contributed by atoms with E-state index in [2.05, 4.69) is 10.2 Å². The van der Waals surface area contributed by atoms with Crippen LogP contribution in [-0.4, -0.2) is 71.4 Å². The Bertz CT molecular complexity index is 928. The molecule has 0 saturated carbocycles. The Kier molecular flexibility index (Phi) is 4.92. The molecule has 4 aliphatic heterocycles. The number of halogens is 4. The third-order valence-electron chi connectivity index (χ3n) is 7.51. The molecule has 3 amide bonds. The van der Waals surface area contributed by atoms with Crippen LogP contribution in [0.1, 0.15) is 36.8 Å². The molecule has 0 bridgehead atoms. The number of amides is 3. The molecule has 5 rings (SSSR count). The monoisotopic (exact) mass is 454 g/mol. The SMILES string of the molecule is O=C1CCC2(CN(C(=O)N3CC4(CCN(Cc5ccc(C(F)(F)F)cc5F)CC4)C3)C2)N1. The molecular weight excluding hydrogens is 428 g/mol. The average molecular weight is 454 g/mol. The van der Waals surface area contributed by atoms with E-state index < -0.39 is 17.6 Å². The number of carbonyl (C=O) groups excluding carboxylic acids is 2. The zero-order valence-electron chi connectivity index (χ0n) is 17.7. The van der Waals surface area contributed by atoms with E-state index in [4.69, 9.17) is 0 Å². The summed E-state index contributed by atoms with van der Waals surface area (Å²) < 4.78 is 52.3. The van der Waals surface area contributed by atoms with Gasteiger partial charge in [0.15, 0.2) is 0 Å². The van der Waals surface area contributed by atoms with Crippen LogP contribution < -0.4 is 5.32 Å². The molecule has 4 aliphatic rings. The van der Waals surface area contributed by atoms with Gasteiger partial charge in [0.05, 0.1) is 11.1 Å². The van der Waals surface area contributed by atoms with Gasteiger partial charge in [0.1, 0.15) is 5.82 Å². The van der Waals surface area contributed by atoms with Crippen LogP contribution >= 0.6 is 0 Å². The second kappa shape index (κ2) is 7.33. The van der Waals surface area contributed by atoms with E-state index in [0.717, 1.165) is 38.4 Å². The highest BCUT2D eigenvalue weighted by atomic mass is 19.4. The van der Waals surface area contributed by atoms with Gasteiger partial charge in [-0.15, -0.1) is 0 Å². The quantitative estimate of drug-likeness (QED) is 0.700. The maximum absolute atomic E-state index is 14.2. The molecule has 2 spiro atoms. The van der Waals surface area contributed by atoms with Crippen LogP contribution in [-0.2, 0) is 17.5 Å². The molecule has 4 fully saturated rings. The first-order valence-electron chi connectivity index (χ1n) is 11.0. The van der Waals surface area contributed by atoms with Crippen LogP contribution in [0, 0.1) is 11.2 Å². The number of alkyl halides is 3. The second-order valence-electron chi connectivity index (χ2n) is 9.90. The van der Waals surface area contributed by atoms with Gasteiger partial charge in [0, 0.05) is 50.1 Å². The van der Waals surface area contributed by atoms with E-state index in [1.807, 2.05) is 4.90 Å². The molecule has 4 saturated heterocycles. The van der Waals surface area contributed by atoms with Gasteiger partial charge in [0.2, 0.25) is 5.91 Å². The minimum Gasteiger partial charge on any atom is -0.347 e. The molecule has 32 heavy (non-hydrogen) atoms. The van der Waals surface area contributed by atoms with E-state index in [0.29, 0.717) is 38.7 Å². The summed E-state index contributed by atoms with van der Waals surface area (Å²) in [6.07, 6.45) is -1.49. The minimum absolute atomic E-state index is 0.0247. The Balaban J connectivity index is 1.09. The molecule has 4 heterocycles. The highest BCUT2D eigenvalue weighted by Gasteiger charge is 2.53. The highest BCUT2D eigenvalue weighted by Crippen LogP contribution is 2.42. The first kappa shape index (κ1) is 21.5. The fourth-order valence-corrected chi connectivity index (χ4v) is 5.52. The molecule has 1 aromatic rings. The van der Waals surface area contributed by atoms with Crippen molar-refractivity contribution in [2.45, 2.75) is 43.9 Å². The van der Waals surface area contributed by atoms with Crippen molar-refractivity contribution in [2.24, 2.45) is 5.41 Å². The van der Waals surface area contributed by atoms with Crippen molar-refractivity contribution in [3.63, 3.8) is 0 Å². The van der Waals surface area contributed by atoms with E-state index in [1.165, 1.54) is 6.07 Å². The summed E-state index contributed by atoms with van der Waals surface area (Å²) >= 11 is 0. The van der Waals surface area contributed by atoms with Gasteiger partial charge in [-0.05, 0) is 44.5 Å². The minimum atomic E-state index is -4.55. The summed E-state index contributed by atoms with van der Waals surface area (Å²) in [7, 11) is 0. The first-order valence-corrected chi connectivity index (χ1v) is 11.0. The van der Waals surface area contributed by atoms with Gasteiger partial charge in [-0.2, -0.15) is 13.2 Å². The van der Waals surface area contributed by atoms with Gasteiger partial charge in [-0.3, -0.25) is 9.69 Å². The highest BCUT2D eigenvalue weighted by molar-refractivity contribution is 5.82. The number of rotatable bonds is 2. The number of urea groups is 1. The molecule has 0 radical (unpaired) electrons. The second-order valence-corrected chi connectivity index (χ2v) is 9.90. The van der Waals surface area contributed by atoms with Gasteiger partial charge in [-0.25, -0.2) is 9.18 Å². The van der Waals surface area contributed by atoms with E-state index in [9.17, 15) is 27.2 Å². The maximum atomic E-state index is 14.2. The van der Waals surface area contributed by atoms with Crippen molar-refractivity contribution in [1.29, 1.82) is 0 Å². The number of benzene rings is 1. The van der Waals surface area contributed by atoms with Crippen molar-refractivity contribution in [1.82, 2.24) is 20.0 Å². The molecule has 10 heteroatoms. The first-order chi connectivity index (χ1) is 15.1. The van der Waals surface area contributed by atoms with Crippen LogP contribution in [0.15, 0.2) is 18.2 Å². The average Bonchev–Trinajstić information content (AvgIpc) is 3.08. The van der Waals surface area contributed by atoms with Crippen molar-refractivity contribution in [3.8, 4) is 0 Å². The topological polar surface area (TPSA) is 55.9 Å². The van der Waals surface area contributed by atoms with Crippen LogP contribution in [0.25, 0.3) is 0 Å². The number of carbonyl (C=O) groups is 2. The fourth-order valence-electron chi connectivity index (χ4n) is 5.52. The number of likely N-dealkylation sites (tertiary alicyclic amines) is 3. The summed E-state index contributed by atoms with van der Waals surface area (Å²) in [4.78, 5) is 29.9. The van der Waals surface area contributed by atoms with E-state index in [1.54, 1.807) is 4.90 Å². The van der Waals surface area contributed by atoms with Gasteiger partial charge >= 0.3 is 12.2 Å². The Labute approximate surface area is 183 Å². The number of hydrogen-bond donors (Lipinski definition) is 1.